The van der Waals surface area contributed by atoms with Gasteiger partial charge in [-0.25, -0.2) is 4.79 Å². The highest BCUT2D eigenvalue weighted by Crippen LogP contribution is 2.19. The lowest BCUT2D eigenvalue weighted by Crippen LogP contribution is -2.34. The van der Waals surface area contributed by atoms with Crippen LogP contribution in [0.5, 0.6) is 0 Å². The zero-order valence-corrected chi connectivity index (χ0v) is 14.2. The van der Waals surface area contributed by atoms with Gasteiger partial charge >= 0.3 is 6.03 Å². The molecule has 1 aromatic heterocycles. The van der Waals surface area contributed by atoms with Crippen LogP contribution in [0.1, 0.15) is 24.8 Å². The molecule has 7 nitrogen and oxygen atoms in total. The van der Waals surface area contributed by atoms with Gasteiger partial charge in [0.25, 0.3) is 0 Å². The Balaban J connectivity index is 1.55. The molecule has 2 aromatic rings. The van der Waals surface area contributed by atoms with Gasteiger partial charge in [-0.1, -0.05) is 6.07 Å². The molecule has 0 aliphatic carbocycles. The topological polar surface area (TPSA) is 75.1 Å². The van der Waals surface area contributed by atoms with Gasteiger partial charge in [-0.2, -0.15) is 0 Å². The monoisotopic (exact) mass is 328 g/mol. The molecule has 1 saturated heterocycles. The Kier molecular flexibility index (Phi) is 5.10. The third kappa shape index (κ3) is 3.91. The predicted molar refractivity (Wildman–Crippen MR) is 93.4 cm³/mol. The van der Waals surface area contributed by atoms with Gasteiger partial charge in [0.15, 0.2) is 0 Å². The molecule has 128 valence electrons. The van der Waals surface area contributed by atoms with Crippen molar-refractivity contribution in [1.82, 2.24) is 25.0 Å². The first-order valence-electron chi connectivity index (χ1n) is 8.34. The van der Waals surface area contributed by atoms with Gasteiger partial charge in [-0.15, -0.1) is 10.2 Å². The summed E-state index contributed by atoms with van der Waals surface area (Å²) in [5, 5.41) is 13.5. The number of benzene rings is 1. The minimum absolute atomic E-state index is 0.167. The number of nitrogens with zero attached hydrogens (tertiary/aromatic N) is 4. The van der Waals surface area contributed by atoms with Gasteiger partial charge in [0.05, 0.1) is 5.69 Å². The second-order valence-electron chi connectivity index (χ2n) is 6.31. The molecule has 0 saturated carbocycles. The second kappa shape index (κ2) is 7.44. The lowest BCUT2D eigenvalue weighted by Gasteiger charge is -2.19. The van der Waals surface area contributed by atoms with Crippen molar-refractivity contribution in [2.45, 2.75) is 32.2 Å². The standard InChI is InChI=1S/C17H24N6O/c1-13-5-6-15(23-11-19-20-12-23)10-16(13)21-17(24)18-8-7-14-4-3-9-22(14)2/h5-6,10-12,14H,3-4,7-9H2,1-2H3,(H2,18,21,24)/t14-/m0/s1. The quantitative estimate of drug-likeness (QED) is 0.882. The molecular weight excluding hydrogens is 304 g/mol. The molecule has 3 rings (SSSR count). The summed E-state index contributed by atoms with van der Waals surface area (Å²) in [6.45, 7) is 3.82. The molecule has 1 atom stereocenters. The highest BCUT2D eigenvalue weighted by molar-refractivity contribution is 5.90. The summed E-state index contributed by atoms with van der Waals surface area (Å²) in [6, 6.07) is 6.28. The Hall–Kier alpha value is -2.41. The Labute approximate surface area is 142 Å². The van der Waals surface area contributed by atoms with E-state index in [1.807, 2.05) is 25.1 Å². The maximum absolute atomic E-state index is 12.2. The van der Waals surface area contributed by atoms with Crippen molar-refractivity contribution < 1.29 is 4.79 Å². The third-order valence-electron chi connectivity index (χ3n) is 4.62. The number of aryl methyl sites for hydroxylation is 1. The summed E-state index contributed by atoms with van der Waals surface area (Å²) < 4.78 is 1.80. The van der Waals surface area contributed by atoms with E-state index < -0.39 is 0 Å². The molecule has 2 amide bonds. The number of rotatable bonds is 5. The molecular formula is C17H24N6O. The van der Waals surface area contributed by atoms with Crippen molar-refractivity contribution in [2.24, 2.45) is 0 Å². The van der Waals surface area contributed by atoms with Crippen LogP contribution < -0.4 is 10.6 Å². The minimum atomic E-state index is -0.167. The van der Waals surface area contributed by atoms with Crippen molar-refractivity contribution in [3.8, 4) is 5.69 Å². The van der Waals surface area contributed by atoms with E-state index in [4.69, 9.17) is 0 Å². The van der Waals surface area contributed by atoms with Gasteiger partial charge in [-0.3, -0.25) is 4.57 Å². The number of hydrogen-bond acceptors (Lipinski definition) is 4. The molecule has 7 heteroatoms. The fourth-order valence-electron chi connectivity index (χ4n) is 3.10. The molecule has 24 heavy (non-hydrogen) atoms. The average molecular weight is 328 g/mol. The largest absolute Gasteiger partial charge is 0.338 e. The van der Waals surface area contributed by atoms with Crippen LogP contribution in [0.4, 0.5) is 10.5 Å². The molecule has 0 unspecified atom stereocenters. The highest BCUT2D eigenvalue weighted by Gasteiger charge is 2.20. The molecule has 1 aliphatic rings. The first-order chi connectivity index (χ1) is 11.6. The van der Waals surface area contributed by atoms with Crippen molar-refractivity contribution in [2.75, 3.05) is 25.5 Å². The number of amides is 2. The van der Waals surface area contributed by atoms with Gasteiger partial charge in [0.1, 0.15) is 12.7 Å². The molecule has 0 bridgehead atoms. The predicted octanol–water partition coefficient (Wildman–Crippen LogP) is 2.18. The number of aromatic nitrogens is 3. The fourth-order valence-corrected chi connectivity index (χ4v) is 3.10. The Morgan fingerprint density at radius 1 is 1.33 bits per heavy atom. The van der Waals surface area contributed by atoms with Gasteiger partial charge < -0.3 is 15.5 Å². The van der Waals surface area contributed by atoms with Gasteiger partial charge in [-0.05, 0) is 57.5 Å². The van der Waals surface area contributed by atoms with Crippen LogP contribution in [0.25, 0.3) is 5.69 Å². The minimum Gasteiger partial charge on any atom is -0.338 e. The van der Waals surface area contributed by atoms with Crippen LogP contribution in [0.15, 0.2) is 30.9 Å². The fraction of sp³-hybridized carbons (Fsp3) is 0.471. The third-order valence-corrected chi connectivity index (χ3v) is 4.62. The van der Waals surface area contributed by atoms with Crippen LogP contribution in [-0.4, -0.2) is 51.9 Å². The number of nitrogens with one attached hydrogen (secondary N) is 2. The summed E-state index contributed by atoms with van der Waals surface area (Å²) in [4.78, 5) is 14.5. The summed E-state index contributed by atoms with van der Waals surface area (Å²) in [5.74, 6) is 0. The van der Waals surface area contributed by atoms with E-state index in [-0.39, 0.29) is 6.03 Å². The smallest absolute Gasteiger partial charge is 0.319 e. The number of urea groups is 1. The van der Waals surface area contributed by atoms with E-state index in [2.05, 4.69) is 32.8 Å². The van der Waals surface area contributed by atoms with Crippen LogP contribution in [-0.2, 0) is 0 Å². The lowest BCUT2D eigenvalue weighted by atomic mass is 10.1. The zero-order valence-electron chi connectivity index (χ0n) is 14.2. The van der Waals surface area contributed by atoms with Gasteiger partial charge in [0, 0.05) is 18.3 Å². The first-order valence-corrected chi connectivity index (χ1v) is 8.34. The van der Waals surface area contributed by atoms with E-state index in [9.17, 15) is 4.79 Å². The van der Waals surface area contributed by atoms with Crippen LogP contribution in [0.2, 0.25) is 0 Å². The molecule has 1 fully saturated rings. The molecule has 1 aliphatic heterocycles. The number of likely N-dealkylation sites (tertiary alicyclic amines) is 1. The number of anilines is 1. The van der Waals surface area contributed by atoms with Crippen LogP contribution in [0.3, 0.4) is 0 Å². The normalized spacial score (nSPS) is 17.8. The van der Waals surface area contributed by atoms with Crippen molar-refractivity contribution in [3.63, 3.8) is 0 Å². The van der Waals surface area contributed by atoms with Crippen molar-refractivity contribution in [1.29, 1.82) is 0 Å². The van der Waals surface area contributed by atoms with E-state index >= 15 is 0 Å². The summed E-state index contributed by atoms with van der Waals surface area (Å²) in [7, 11) is 2.15. The van der Waals surface area contributed by atoms with E-state index in [1.54, 1.807) is 17.2 Å². The maximum atomic E-state index is 12.2. The summed E-state index contributed by atoms with van der Waals surface area (Å²) in [5.41, 5.74) is 2.71. The number of carbonyl (C=O) groups is 1. The van der Waals surface area contributed by atoms with E-state index in [0.29, 0.717) is 12.6 Å². The maximum Gasteiger partial charge on any atom is 0.319 e. The SMILES string of the molecule is Cc1ccc(-n2cnnc2)cc1NC(=O)NCC[C@@H]1CCCN1C. The number of carbonyl (C=O) groups excluding carboxylic acids is 1. The number of hydrogen-bond donors (Lipinski definition) is 2. The van der Waals surface area contributed by atoms with E-state index in [0.717, 1.165) is 29.9 Å². The average Bonchev–Trinajstić information content (AvgIpc) is 3.22. The van der Waals surface area contributed by atoms with Gasteiger partial charge in [0.2, 0.25) is 0 Å². The highest BCUT2D eigenvalue weighted by atomic mass is 16.2. The summed E-state index contributed by atoms with van der Waals surface area (Å²) in [6.07, 6.45) is 6.73. The first kappa shape index (κ1) is 16.4. The lowest BCUT2D eigenvalue weighted by molar-refractivity contribution is 0.248. The van der Waals surface area contributed by atoms with Crippen molar-refractivity contribution in [3.05, 3.63) is 36.4 Å². The second-order valence-corrected chi connectivity index (χ2v) is 6.31. The Morgan fingerprint density at radius 2 is 2.12 bits per heavy atom. The molecule has 0 radical (unpaired) electrons. The molecule has 2 heterocycles. The van der Waals surface area contributed by atoms with E-state index in [1.165, 1.54) is 12.8 Å². The van der Waals surface area contributed by atoms with Crippen LogP contribution in [0, 0.1) is 6.92 Å². The van der Waals surface area contributed by atoms with Crippen LogP contribution >= 0.6 is 0 Å². The van der Waals surface area contributed by atoms with Crippen molar-refractivity contribution >= 4 is 11.7 Å². The molecule has 1 aromatic carbocycles. The summed E-state index contributed by atoms with van der Waals surface area (Å²) >= 11 is 0. The molecule has 2 N–H and O–H groups in total. The Morgan fingerprint density at radius 3 is 2.83 bits per heavy atom. The zero-order chi connectivity index (χ0) is 16.9. The molecule has 0 spiro atoms. The Bertz CT molecular complexity index is 684.